The van der Waals surface area contributed by atoms with Crippen molar-refractivity contribution in [3.8, 4) is 0 Å². The molecule has 0 saturated heterocycles. The molecule has 0 aromatic carbocycles. The molecule has 0 radical (unpaired) electrons. The van der Waals surface area contributed by atoms with E-state index in [1.807, 2.05) is 13.1 Å². The summed E-state index contributed by atoms with van der Waals surface area (Å²) in [7, 11) is 1.90. The third-order valence-corrected chi connectivity index (χ3v) is 3.34. The van der Waals surface area contributed by atoms with Crippen molar-refractivity contribution in [1.29, 1.82) is 0 Å². The minimum Gasteiger partial charge on any atom is -0.373 e. The van der Waals surface area contributed by atoms with Crippen molar-refractivity contribution in [3.63, 3.8) is 0 Å². The molecule has 0 amide bonds. The van der Waals surface area contributed by atoms with Gasteiger partial charge < -0.3 is 10.6 Å². The van der Waals surface area contributed by atoms with E-state index in [9.17, 15) is 0 Å². The molecule has 114 valence electrons. The molecule has 0 aliphatic heterocycles. The van der Waals surface area contributed by atoms with Crippen molar-refractivity contribution < 1.29 is 0 Å². The van der Waals surface area contributed by atoms with Gasteiger partial charge in [-0.05, 0) is 12.8 Å². The van der Waals surface area contributed by atoms with E-state index in [-0.39, 0.29) is 0 Å². The molecule has 0 bridgehead atoms. The Labute approximate surface area is 123 Å². The highest BCUT2D eigenvalue weighted by Crippen LogP contribution is 2.12. The van der Waals surface area contributed by atoms with Gasteiger partial charge >= 0.3 is 0 Å². The fourth-order valence-electron chi connectivity index (χ4n) is 2.17. The summed E-state index contributed by atoms with van der Waals surface area (Å²) in [6.45, 7) is 5.40. The molecule has 1 aromatic heterocycles. The predicted octanol–water partition coefficient (Wildman–Crippen LogP) is 4.24. The number of hydrogen-bond donors (Lipinski definition) is 2. The van der Waals surface area contributed by atoms with E-state index in [1.165, 1.54) is 38.5 Å². The van der Waals surface area contributed by atoms with E-state index in [1.54, 1.807) is 0 Å². The van der Waals surface area contributed by atoms with Gasteiger partial charge in [-0.15, -0.1) is 0 Å². The zero-order valence-electron chi connectivity index (χ0n) is 13.3. The van der Waals surface area contributed by atoms with Gasteiger partial charge in [-0.3, -0.25) is 0 Å². The SMILES string of the molecule is CCCCCCCCNc1cc(NC)nc(CCC)n1. The summed E-state index contributed by atoms with van der Waals surface area (Å²) in [5, 5.41) is 6.52. The number of nitrogens with zero attached hydrogens (tertiary/aromatic N) is 2. The van der Waals surface area contributed by atoms with Gasteiger partial charge in [-0.1, -0.05) is 46.0 Å². The first-order valence-electron chi connectivity index (χ1n) is 8.09. The van der Waals surface area contributed by atoms with Crippen molar-refractivity contribution >= 4 is 11.6 Å². The summed E-state index contributed by atoms with van der Waals surface area (Å²) >= 11 is 0. The molecule has 0 saturated carbocycles. The minimum atomic E-state index is 0.897. The highest BCUT2D eigenvalue weighted by molar-refractivity contribution is 5.47. The van der Waals surface area contributed by atoms with E-state index in [2.05, 4.69) is 34.4 Å². The van der Waals surface area contributed by atoms with Crippen LogP contribution < -0.4 is 10.6 Å². The lowest BCUT2D eigenvalue weighted by Gasteiger charge is -2.09. The van der Waals surface area contributed by atoms with E-state index in [0.717, 1.165) is 36.8 Å². The quantitative estimate of drug-likeness (QED) is 0.594. The maximum atomic E-state index is 4.56. The number of aryl methyl sites for hydroxylation is 1. The normalized spacial score (nSPS) is 10.6. The molecule has 4 heteroatoms. The van der Waals surface area contributed by atoms with Crippen LogP contribution in [0, 0.1) is 0 Å². The smallest absolute Gasteiger partial charge is 0.133 e. The number of hydrogen-bond acceptors (Lipinski definition) is 4. The van der Waals surface area contributed by atoms with Crippen LogP contribution >= 0.6 is 0 Å². The van der Waals surface area contributed by atoms with Gasteiger partial charge in [0.15, 0.2) is 0 Å². The molecule has 20 heavy (non-hydrogen) atoms. The second-order valence-corrected chi connectivity index (χ2v) is 5.25. The summed E-state index contributed by atoms with van der Waals surface area (Å²) in [5.41, 5.74) is 0. The molecule has 0 fully saturated rings. The lowest BCUT2D eigenvalue weighted by Crippen LogP contribution is -2.07. The van der Waals surface area contributed by atoms with E-state index in [4.69, 9.17) is 0 Å². The Morgan fingerprint density at radius 1 is 0.900 bits per heavy atom. The molecule has 1 aromatic rings. The Bertz CT molecular complexity index is 365. The maximum Gasteiger partial charge on any atom is 0.133 e. The third kappa shape index (κ3) is 6.73. The van der Waals surface area contributed by atoms with Gasteiger partial charge in [0, 0.05) is 26.1 Å². The van der Waals surface area contributed by atoms with Gasteiger partial charge in [0.1, 0.15) is 17.5 Å². The van der Waals surface area contributed by atoms with Crippen LogP contribution in [0.3, 0.4) is 0 Å². The van der Waals surface area contributed by atoms with Crippen molar-refractivity contribution in [2.45, 2.75) is 65.2 Å². The molecule has 0 unspecified atom stereocenters. The van der Waals surface area contributed by atoms with Crippen LogP contribution in [-0.4, -0.2) is 23.6 Å². The average molecular weight is 278 g/mol. The molecule has 0 aliphatic rings. The second kappa shape index (κ2) is 10.5. The van der Waals surface area contributed by atoms with Gasteiger partial charge in [-0.2, -0.15) is 0 Å². The first-order chi connectivity index (χ1) is 9.80. The topological polar surface area (TPSA) is 49.8 Å². The molecule has 0 aliphatic carbocycles. The van der Waals surface area contributed by atoms with Crippen molar-refractivity contribution in [2.75, 3.05) is 24.2 Å². The Hall–Kier alpha value is -1.32. The van der Waals surface area contributed by atoms with E-state index < -0.39 is 0 Å². The van der Waals surface area contributed by atoms with Gasteiger partial charge in [-0.25, -0.2) is 9.97 Å². The monoisotopic (exact) mass is 278 g/mol. The summed E-state index contributed by atoms with van der Waals surface area (Å²) in [6, 6.07) is 1.98. The van der Waals surface area contributed by atoms with E-state index in [0.29, 0.717) is 0 Å². The van der Waals surface area contributed by atoms with Crippen molar-refractivity contribution in [1.82, 2.24) is 9.97 Å². The average Bonchev–Trinajstić information content (AvgIpc) is 2.46. The first-order valence-corrected chi connectivity index (χ1v) is 8.09. The molecular formula is C16H30N4. The first kappa shape index (κ1) is 16.7. The molecule has 1 rings (SSSR count). The number of aromatic nitrogens is 2. The number of rotatable bonds is 11. The number of nitrogens with one attached hydrogen (secondary N) is 2. The Morgan fingerprint density at radius 3 is 2.30 bits per heavy atom. The van der Waals surface area contributed by atoms with Crippen LogP contribution in [0.5, 0.6) is 0 Å². The van der Waals surface area contributed by atoms with Crippen LogP contribution in [-0.2, 0) is 6.42 Å². The fourth-order valence-corrected chi connectivity index (χ4v) is 2.17. The summed E-state index contributed by atoms with van der Waals surface area (Å²) in [6.07, 6.45) is 9.92. The van der Waals surface area contributed by atoms with Gasteiger partial charge in [0.05, 0.1) is 0 Å². The summed E-state index contributed by atoms with van der Waals surface area (Å²) < 4.78 is 0. The molecule has 0 atom stereocenters. The summed E-state index contributed by atoms with van der Waals surface area (Å²) in [4.78, 5) is 9.01. The van der Waals surface area contributed by atoms with E-state index >= 15 is 0 Å². The molecule has 2 N–H and O–H groups in total. The predicted molar refractivity (Wildman–Crippen MR) is 87.4 cm³/mol. The maximum absolute atomic E-state index is 4.56. The Kier molecular flexibility index (Phi) is 8.76. The lowest BCUT2D eigenvalue weighted by molar-refractivity contribution is 0.616. The zero-order chi connectivity index (χ0) is 14.6. The standard InChI is InChI=1S/C16H30N4/c1-4-6-7-8-9-10-12-18-16-13-15(17-3)19-14(20-16)11-5-2/h13H,4-12H2,1-3H3,(H2,17,18,19,20). The minimum absolute atomic E-state index is 0.897. The highest BCUT2D eigenvalue weighted by atomic mass is 15.1. The molecule has 0 spiro atoms. The van der Waals surface area contributed by atoms with Crippen LogP contribution in [0.15, 0.2) is 6.07 Å². The summed E-state index contributed by atoms with van der Waals surface area (Å²) in [5.74, 6) is 2.76. The Balaban J connectivity index is 2.33. The van der Waals surface area contributed by atoms with Crippen LogP contribution in [0.1, 0.15) is 64.6 Å². The number of unbranched alkanes of at least 4 members (excludes halogenated alkanes) is 5. The second-order valence-electron chi connectivity index (χ2n) is 5.25. The van der Waals surface area contributed by atoms with Crippen molar-refractivity contribution in [3.05, 3.63) is 11.9 Å². The molecular weight excluding hydrogens is 248 g/mol. The fraction of sp³-hybridized carbons (Fsp3) is 0.750. The Morgan fingerprint density at radius 2 is 1.60 bits per heavy atom. The van der Waals surface area contributed by atoms with Crippen LogP contribution in [0.2, 0.25) is 0 Å². The highest BCUT2D eigenvalue weighted by Gasteiger charge is 2.02. The molecule has 1 heterocycles. The number of anilines is 2. The van der Waals surface area contributed by atoms with Gasteiger partial charge in [0.2, 0.25) is 0 Å². The van der Waals surface area contributed by atoms with Crippen LogP contribution in [0.4, 0.5) is 11.6 Å². The zero-order valence-corrected chi connectivity index (χ0v) is 13.3. The van der Waals surface area contributed by atoms with Crippen molar-refractivity contribution in [2.24, 2.45) is 0 Å². The van der Waals surface area contributed by atoms with Crippen LogP contribution in [0.25, 0.3) is 0 Å². The third-order valence-electron chi connectivity index (χ3n) is 3.34. The largest absolute Gasteiger partial charge is 0.373 e. The van der Waals surface area contributed by atoms with Gasteiger partial charge in [0.25, 0.3) is 0 Å². The molecule has 4 nitrogen and oxygen atoms in total. The lowest BCUT2D eigenvalue weighted by atomic mass is 10.1.